The Bertz CT molecular complexity index is 476. The molecule has 0 amide bonds. The van der Waals surface area contributed by atoms with Crippen LogP contribution in [0.2, 0.25) is 0 Å². The van der Waals surface area contributed by atoms with Crippen molar-refractivity contribution in [1.82, 2.24) is 4.90 Å². The Morgan fingerprint density at radius 1 is 1.04 bits per heavy atom. The highest BCUT2D eigenvalue weighted by molar-refractivity contribution is 7.86. The van der Waals surface area contributed by atoms with Crippen molar-refractivity contribution in [3.63, 3.8) is 0 Å². The molecule has 0 saturated heterocycles. The Morgan fingerprint density at radius 3 is 1.92 bits per heavy atom. The lowest BCUT2D eigenvalue weighted by Gasteiger charge is -2.14. The lowest BCUT2D eigenvalue weighted by molar-refractivity contribution is -0.0510. The zero-order valence-corrected chi connectivity index (χ0v) is 16.1. The minimum atomic E-state index is -5.84. The Labute approximate surface area is 150 Å². The molecule has 0 bridgehead atoms. The van der Waals surface area contributed by atoms with Crippen LogP contribution in [0.3, 0.4) is 0 Å². The van der Waals surface area contributed by atoms with Gasteiger partial charge in [0.2, 0.25) is 0 Å². The summed E-state index contributed by atoms with van der Waals surface area (Å²) < 4.78 is 57.5. The predicted molar refractivity (Wildman–Crippen MR) is 94.8 cm³/mol. The molecule has 1 N–H and O–H groups in total. The summed E-state index contributed by atoms with van der Waals surface area (Å²) in [5, 5.41) is 0. The molecule has 0 aromatic rings. The normalized spacial score (nSPS) is 15.0. The molecule has 1 rings (SSSR count). The fourth-order valence-electron chi connectivity index (χ4n) is 2.57. The molecular weight excluding hydrogens is 355 g/mol. The highest BCUT2D eigenvalue weighted by Gasteiger charge is 2.44. The van der Waals surface area contributed by atoms with Crippen LogP contribution in [-0.4, -0.2) is 36.5 Å². The molecule has 0 radical (unpaired) electrons. The third-order valence-electron chi connectivity index (χ3n) is 4.13. The third-order valence-corrected chi connectivity index (χ3v) is 4.72. The molecule has 150 valence electrons. The van der Waals surface area contributed by atoms with E-state index in [0.717, 1.165) is 0 Å². The molecule has 0 aliphatic carbocycles. The topological polar surface area (TPSA) is 57.6 Å². The lowest BCUT2D eigenvalue weighted by Crippen LogP contribution is -2.21. The van der Waals surface area contributed by atoms with Crippen LogP contribution in [0, 0.1) is 0 Å². The third kappa shape index (κ3) is 12.3. The maximum Gasteiger partial charge on any atom is 0.522 e. The number of unbranched alkanes of at least 4 members (excludes halogenated alkanes) is 7. The van der Waals surface area contributed by atoms with Gasteiger partial charge in [0, 0.05) is 13.1 Å². The summed E-state index contributed by atoms with van der Waals surface area (Å²) in [5.41, 5.74) is -3.89. The van der Waals surface area contributed by atoms with E-state index in [4.69, 9.17) is 13.0 Å². The molecule has 8 heteroatoms. The van der Waals surface area contributed by atoms with E-state index in [1.165, 1.54) is 77.3 Å². The van der Waals surface area contributed by atoms with Gasteiger partial charge in [-0.1, -0.05) is 64.4 Å². The maximum absolute atomic E-state index is 10.7. The second-order valence-corrected chi connectivity index (χ2v) is 7.74. The summed E-state index contributed by atoms with van der Waals surface area (Å²) in [6.45, 7) is 7.12. The predicted octanol–water partition coefficient (Wildman–Crippen LogP) is 5.52. The fraction of sp³-hybridized carbons (Fsp3) is 0.882. The SMILES string of the molecule is CCCCCCCCCCN1C=C(CC)CC1.O=S(=O)(O)C(F)(F)F. The summed E-state index contributed by atoms with van der Waals surface area (Å²) >= 11 is 0. The van der Waals surface area contributed by atoms with Gasteiger partial charge in [-0.3, -0.25) is 4.55 Å². The summed E-state index contributed by atoms with van der Waals surface area (Å²) in [7, 11) is -5.84. The molecular formula is C17H32F3NO3S. The molecule has 1 aliphatic heterocycles. The molecule has 0 aromatic heterocycles. The van der Waals surface area contributed by atoms with Crippen molar-refractivity contribution < 1.29 is 26.1 Å². The van der Waals surface area contributed by atoms with Gasteiger partial charge in [-0.2, -0.15) is 21.6 Å². The van der Waals surface area contributed by atoms with Crippen LogP contribution >= 0.6 is 0 Å². The molecule has 0 aromatic carbocycles. The van der Waals surface area contributed by atoms with Gasteiger partial charge in [-0.25, -0.2) is 0 Å². The van der Waals surface area contributed by atoms with Gasteiger partial charge < -0.3 is 4.90 Å². The van der Waals surface area contributed by atoms with Gasteiger partial charge in [0.05, 0.1) is 0 Å². The molecule has 0 spiro atoms. The molecule has 0 atom stereocenters. The quantitative estimate of drug-likeness (QED) is 0.305. The Balaban J connectivity index is 0.000000609. The monoisotopic (exact) mass is 387 g/mol. The smallest absolute Gasteiger partial charge is 0.377 e. The maximum atomic E-state index is 10.7. The highest BCUT2D eigenvalue weighted by Crippen LogP contribution is 2.20. The Hall–Kier alpha value is -0.760. The van der Waals surface area contributed by atoms with Crippen LogP contribution in [0.5, 0.6) is 0 Å². The van der Waals surface area contributed by atoms with Gasteiger partial charge >= 0.3 is 15.6 Å². The first kappa shape index (κ1) is 24.2. The molecule has 0 unspecified atom stereocenters. The zero-order valence-electron chi connectivity index (χ0n) is 15.3. The standard InChI is InChI=1S/C16H31N.CHF3O3S/c1-3-5-6-7-8-9-10-11-13-17-14-12-16(4-2)15-17;2-1(3,4)8(5,6)7/h15H,3-14H2,1-2H3;(H,5,6,7). The van der Waals surface area contributed by atoms with E-state index in [1.54, 1.807) is 5.57 Å². The van der Waals surface area contributed by atoms with E-state index in [0.29, 0.717) is 0 Å². The molecule has 4 nitrogen and oxygen atoms in total. The fourth-order valence-corrected chi connectivity index (χ4v) is 2.57. The van der Waals surface area contributed by atoms with Crippen LogP contribution in [0.4, 0.5) is 13.2 Å². The number of hydrogen-bond acceptors (Lipinski definition) is 3. The first-order valence-corrected chi connectivity index (χ1v) is 10.5. The second-order valence-electron chi connectivity index (χ2n) is 6.32. The van der Waals surface area contributed by atoms with Crippen LogP contribution < -0.4 is 0 Å². The van der Waals surface area contributed by atoms with Gasteiger partial charge in [-0.15, -0.1) is 0 Å². The van der Waals surface area contributed by atoms with E-state index in [2.05, 4.69) is 24.9 Å². The Morgan fingerprint density at radius 2 is 1.52 bits per heavy atom. The van der Waals surface area contributed by atoms with E-state index in [1.807, 2.05) is 0 Å². The van der Waals surface area contributed by atoms with E-state index in [-0.39, 0.29) is 0 Å². The first-order chi connectivity index (χ1) is 11.6. The molecule has 25 heavy (non-hydrogen) atoms. The van der Waals surface area contributed by atoms with Gasteiger partial charge in [0.15, 0.2) is 0 Å². The van der Waals surface area contributed by atoms with Crippen LogP contribution in [0.15, 0.2) is 11.8 Å². The zero-order chi connectivity index (χ0) is 19.3. The van der Waals surface area contributed by atoms with Crippen molar-refractivity contribution in [3.05, 3.63) is 11.8 Å². The average molecular weight is 388 g/mol. The number of halogens is 3. The van der Waals surface area contributed by atoms with Crippen LogP contribution in [0.1, 0.15) is 78.1 Å². The highest BCUT2D eigenvalue weighted by atomic mass is 32.2. The molecule has 0 fully saturated rings. The summed E-state index contributed by atoms with van der Waals surface area (Å²) in [6, 6.07) is 0. The minimum absolute atomic E-state index is 1.24. The first-order valence-electron chi connectivity index (χ1n) is 9.09. The van der Waals surface area contributed by atoms with Crippen molar-refractivity contribution in [2.45, 2.75) is 83.6 Å². The molecule has 1 heterocycles. The van der Waals surface area contributed by atoms with E-state index in [9.17, 15) is 13.2 Å². The van der Waals surface area contributed by atoms with Crippen molar-refractivity contribution in [2.75, 3.05) is 13.1 Å². The number of rotatable bonds is 10. The number of alkyl halides is 3. The van der Waals surface area contributed by atoms with Crippen LogP contribution in [-0.2, 0) is 10.1 Å². The molecule has 1 aliphatic rings. The number of hydrogen-bond donors (Lipinski definition) is 1. The van der Waals surface area contributed by atoms with Crippen molar-refractivity contribution in [2.24, 2.45) is 0 Å². The van der Waals surface area contributed by atoms with Gasteiger partial charge in [0.1, 0.15) is 0 Å². The molecule has 0 saturated carbocycles. The number of nitrogens with zero attached hydrogens (tertiary/aromatic N) is 1. The van der Waals surface area contributed by atoms with Crippen molar-refractivity contribution in [1.29, 1.82) is 0 Å². The van der Waals surface area contributed by atoms with Gasteiger partial charge in [0.25, 0.3) is 0 Å². The van der Waals surface area contributed by atoms with Crippen LogP contribution in [0.25, 0.3) is 0 Å². The summed E-state index contributed by atoms with van der Waals surface area (Å²) in [6.07, 6.45) is 16.4. The lowest BCUT2D eigenvalue weighted by atomic mass is 10.1. The Kier molecular flexibility index (Phi) is 12.2. The minimum Gasteiger partial charge on any atom is -0.377 e. The van der Waals surface area contributed by atoms with Gasteiger partial charge in [-0.05, 0) is 25.5 Å². The summed E-state index contributed by atoms with van der Waals surface area (Å²) in [5.74, 6) is 0. The summed E-state index contributed by atoms with van der Waals surface area (Å²) in [4.78, 5) is 2.52. The van der Waals surface area contributed by atoms with E-state index < -0.39 is 15.6 Å². The average Bonchev–Trinajstić information content (AvgIpc) is 2.96. The van der Waals surface area contributed by atoms with E-state index >= 15 is 0 Å². The second kappa shape index (κ2) is 12.6. The van der Waals surface area contributed by atoms with Crippen molar-refractivity contribution in [3.8, 4) is 0 Å². The largest absolute Gasteiger partial charge is 0.522 e. The van der Waals surface area contributed by atoms with Crippen molar-refractivity contribution >= 4 is 10.1 Å².